The number of para-hydroxylation sites is 1. The maximum absolute atomic E-state index is 13.8. The standard InChI is InChI=1S/C33H31N3O2/c1-23-28(27-19-11-12-20-29(27)34-23)22-31(37)35-30(21-24-13-5-2-6-14-24)33(38)36-32(25-15-7-3-8-16-25)26-17-9-4-10-18-26/h2-20,30,32,34H,21-22H2,1H3,(H,35,37)(H,36,38)/t30-/m0/s1. The van der Waals surface area contributed by atoms with Crippen LogP contribution in [0.1, 0.15) is 34.0 Å². The lowest BCUT2D eigenvalue weighted by Crippen LogP contribution is -2.49. The average Bonchev–Trinajstić information content (AvgIpc) is 3.27. The molecule has 4 aromatic carbocycles. The lowest BCUT2D eigenvalue weighted by molar-refractivity contribution is -0.129. The second-order valence-corrected chi connectivity index (χ2v) is 9.52. The molecule has 0 unspecified atom stereocenters. The van der Waals surface area contributed by atoms with E-state index in [4.69, 9.17) is 0 Å². The minimum atomic E-state index is -0.731. The van der Waals surface area contributed by atoms with Crippen LogP contribution in [0.2, 0.25) is 0 Å². The summed E-state index contributed by atoms with van der Waals surface area (Å²) < 4.78 is 0. The van der Waals surface area contributed by atoms with Gasteiger partial charge in [0, 0.05) is 23.0 Å². The Morgan fingerprint density at radius 3 is 1.89 bits per heavy atom. The Bertz CT molecular complexity index is 1470. The van der Waals surface area contributed by atoms with Gasteiger partial charge in [-0.3, -0.25) is 9.59 Å². The second-order valence-electron chi connectivity index (χ2n) is 9.52. The zero-order chi connectivity index (χ0) is 26.3. The maximum Gasteiger partial charge on any atom is 0.243 e. The third-order valence-electron chi connectivity index (χ3n) is 6.85. The summed E-state index contributed by atoms with van der Waals surface area (Å²) in [6.07, 6.45) is 0.580. The van der Waals surface area contributed by atoms with Crippen LogP contribution >= 0.6 is 0 Å². The Morgan fingerprint density at radius 2 is 1.26 bits per heavy atom. The van der Waals surface area contributed by atoms with Gasteiger partial charge in [0.05, 0.1) is 12.5 Å². The number of hydrogen-bond acceptors (Lipinski definition) is 2. The molecular weight excluding hydrogens is 470 g/mol. The minimum Gasteiger partial charge on any atom is -0.358 e. The third kappa shape index (κ3) is 5.84. The van der Waals surface area contributed by atoms with E-state index in [0.717, 1.165) is 38.9 Å². The van der Waals surface area contributed by atoms with Crippen molar-refractivity contribution in [3.63, 3.8) is 0 Å². The molecule has 0 saturated heterocycles. The molecule has 0 aliphatic carbocycles. The lowest BCUT2D eigenvalue weighted by atomic mass is 9.97. The van der Waals surface area contributed by atoms with Gasteiger partial charge in [0.25, 0.3) is 0 Å². The average molecular weight is 502 g/mol. The minimum absolute atomic E-state index is 0.190. The van der Waals surface area contributed by atoms with E-state index < -0.39 is 6.04 Å². The Hall–Kier alpha value is -4.64. The zero-order valence-corrected chi connectivity index (χ0v) is 21.4. The van der Waals surface area contributed by atoms with Gasteiger partial charge in [-0.15, -0.1) is 0 Å². The second kappa shape index (κ2) is 11.6. The number of carbonyl (C=O) groups is 2. The molecule has 0 fully saturated rings. The molecule has 2 amide bonds. The van der Waals surface area contributed by atoms with E-state index in [1.54, 1.807) is 0 Å². The number of rotatable bonds is 9. The van der Waals surface area contributed by atoms with Crippen LogP contribution in [0.25, 0.3) is 10.9 Å². The normalized spacial score (nSPS) is 11.8. The molecule has 0 radical (unpaired) electrons. The summed E-state index contributed by atoms with van der Waals surface area (Å²) in [7, 11) is 0. The first-order chi connectivity index (χ1) is 18.6. The van der Waals surface area contributed by atoms with Crippen LogP contribution in [0.3, 0.4) is 0 Å². The summed E-state index contributed by atoms with van der Waals surface area (Å²) in [5.41, 5.74) is 5.84. The quantitative estimate of drug-likeness (QED) is 0.244. The Balaban J connectivity index is 1.40. The molecule has 190 valence electrons. The number of aromatic amines is 1. The van der Waals surface area contributed by atoms with Crippen molar-refractivity contribution in [1.29, 1.82) is 0 Å². The van der Waals surface area contributed by atoms with Gasteiger partial charge in [0.15, 0.2) is 0 Å². The first-order valence-corrected chi connectivity index (χ1v) is 12.9. The summed E-state index contributed by atoms with van der Waals surface area (Å²) in [4.78, 5) is 30.5. The SMILES string of the molecule is Cc1[nH]c2ccccc2c1CC(=O)N[C@@H](Cc1ccccc1)C(=O)NC(c1ccccc1)c1ccccc1. The predicted molar refractivity (Wildman–Crippen MR) is 152 cm³/mol. The fraction of sp³-hybridized carbons (Fsp3) is 0.152. The molecule has 5 aromatic rings. The molecule has 0 saturated carbocycles. The molecule has 0 bridgehead atoms. The van der Waals surface area contributed by atoms with Crippen molar-refractivity contribution in [2.75, 3.05) is 0 Å². The number of aryl methyl sites for hydroxylation is 1. The predicted octanol–water partition coefficient (Wildman–Crippen LogP) is 5.65. The van der Waals surface area contributed by atoms with E-state index >= 15 is 0 Å². The third-order valence-corrected chi connectivity index (χ3v) is 6.85. The topological polar surface area (TPSA) is 74.0 Å². The van der Waals surface area contributed by atoms with E-state index in [1.165, 1.54) is 0 Å². The van der Waals surface area contributed by atoms with E-state index in [2.05, 4.69) is 15.6 Å². The molecule has 0 aliphatic heterocycles. The van der Waals surface area contributed by atoms with Crippen LogP contribution in [0, 0.1) is 6.92 Å². The monoisotopic (exact) mass is 501 g/mol. The first kappa shape index (κ1) is 25.0. The van der Waals surface area contributed by atoms with Crippen LogP contribution in [-0.4, -0.2) is 22.8 Å². The van der Waals surface area contributed by atoms with Crippen LogP contribution in [0.15, 0.2) is 115 Å². The number of hydrogen-bond donors (Lipinski definition) is 3. The molecule has 1 aromatic heterocycles. The molecule has 5 nitrogen and oxygen atoms in total. The van der Waals surface area contributed by atoms with Crippen LogP contribution < -0.4 is 10.6 Å². The van der Waals surface area contributed by atoms with Gasteiger partial charge >= 0.3 is 0 Å². The lowest BCUT2D eigenvalue weighted by Gasteiger charge is -2.24. The fourth-order valence-electron chi connectivity index (χ4n) is 4.92. The highest BCUT2D eigenvalue weighted by atomic mass is 16.2. The number of amides is 2. The van der Waals surface area contributed by atoms with Crippen molar-refractivity contribution in [1.82, 2.24) is 15.6 Å². The van der Waals surface area contributed by atoms with Gasteiger partial charge < -0.3 is 15.6 Å². The van der Waals surface area contributed by atoms with Gasteiger partial charge in [0.1, 0.15) is 6.04 Å². The highest BCUT2D eigenvalue weighted by molar-refractivity contribution is 5.93. The van der Waals surface area contributed by atoms with Crippen LogP contribution in [0.5, 0.6) is 0 Å². The van der Waals surface area contributed by atoms with E-state index in [9.17, 15) is 9.59 Å². The summed E-state index contributed by atoms with van der Waals surface area (Å²) in [6.45, 7) is 1.97. The maximum atomic E-state index is 13.8. The molecule has 5 heteroatoms. The Labute approximate surface area is 222 Å². The number of aromatic nitrogens is 1. The molecular formula is C33H31N3O2. The molecule has 0 aliphatic rings. The van der Waals surface area contributed by atoms with Gasteiger partial charge in [-0.1, -0.05) is 109 Å². The van der Waals surface area contributed by atoms with E-state index in [0.29, 0.717) is 6.42 Å². The molecule has 38 heavy (non-hydrogen) atoms. The molecule has 5 rings (SSSR count). The molecule has 1 atom stereocenters. The number of fused-ring (bicyclic) bond motifs is 1. The van der Waals surface area contributed by atoms with Crippen molar-refractivity contribution in [3.05, 3.63) is 143 Å². The first-order valence-electron chi connectivity index (χ1n) is 12.9. The van der Waals surface area contributed by atoms with E-state index in [1.807, 2.05) is 122 Å². The summed E-state index contributed by atoms with van der Waals surface area (Å²) >= 11 is 0. The van der Waals surface area contributed by atoms with Gasteiger partial charge in [-0.2, -0.15) is 0 Å². The van der Waals surface area contributed by atoms with Crippen molar-refractivity contribution >= 4 is 22.7 Å². The molecule has 1 heterocycles. The van der Waals surface area contributed by atoms with Crippen molar-refractivity contribution < 1.29 is 9.59 Å². The number of nitrogens with one attached hydrogen (secondary N) is 3. The summed E-state index contributed by atoms with van der Waals surface area (Å²) in [5, 5.41) is 7.28. The Kier molecular flexibility index (Phi) is 7.65. The van der Waals surface area contributed by atoms with Crippen LogP contribution in [-0.2, 0) is 22.4 Å². The molecule has 0 spiro atoms. The van der Waals surface area contributed by atoms with Crippen molar-refractivity contribution in [2.24, 2.45) is 0 Å². The largest absolute Gasteiger partial charge is 0.358 e. The van der Waals surface area contributed by atoms with Gasteiger partial charge in [-0.25, -0.2) is 0 Å². The number of benzene rings is 4. The highest BCUT2D eigenvalue weighted by Crippen LogP contribution is 2.24. The van der Waals surface area contributed by atoms with Gasteiger partial charge in [-0.05, 0) is 35.2 Å². The Morgan fingerprint density at radius 1 is 0.711 bits per heavy atom. The van der Waals surface area contributed by atoms with Gasteiger partial charge in [0.2, 0.25) is 11.8 Å². The fourth-order valence-corrected chi connectivity index (χ4v) is 4.92. The highest BCUT2D eigenvalue weighted by Gasteiger charge is 2.26. The summed E-state index contributed by atoms with van der Waals surface area (Å²) in [5.74, 6) is -0.416. The number of H-pyrrole nitrogens is 1. The number of carbonyl (C=O) groups excluding carboxylic acids is 2. The zero-order valence-electron chi connectivity index (χ0n) is 21.4. The van der Waals surface area contributed by atoms with Crippen molar-refractivity contribution in [3.8, 4) is 0 Å². The van der Waals surface area contributed by atoms with Crippen molar-refractivity contribution in [2.45, 2.75) is 31.8 Å². The summed E-state index contributed by atoms with van der Waals surface area (Å²) in [6, 6.07) is 36.4. The molecule has 3 N–H and O–H groups in total. The van der Waals surface area contributed by atoms with E-state index in [-0.39, 0.29) is 24.3 Å². The smallest absolute Gasteiger partial charge is 0.243 e. The van der Waals surface area contributed by atoms with Crippen LogP contribution in [0.4, 0.5) is 0 Å².